The summed E-state index contributed by atoms with van der Waals surface area (Å²) < 4.78 is 5.10. The molecule has 1 amide bonds. The van der Waals surface area contributed by atoms with E-state index in [4.69, 9.17) is 4.74 Å². The Morgan fingerprint density at radius 3 is 2.61 bits per heavy atom. The summed E-state index contributed by atoms with van der Waals surface area (Å²) in [5, 5.41) is 9.55. The molecule has 0 aromatic heterocycles. The number of ether oxygens (including phenoxy) is 1. The summed E-state index contributed by atoms with van der Waals surface area (Å²) in [5.74, 6) is 0.842. The number of carbonyl (C=O) groups excluding carboxylic acids is 1. The van der Waals surface area contributed by atoms with Crippen molar-refractivity contribution in [2.45, 2.75) is 64.5 Å². The Kier molecular flexibility index (Phi) is 13.5. The van der Waals surface area contributed by atoms with Crippen LogP contribution in [0.4, 0.5) is 0 Å². The van der Waals surface area contributed by atoms with Gasteiger partial charge in [-0.15, -0.1) is 24.0 Å². The molecule has 1 unspecified atom stereocenters. The van der Waals surface area contributed by atoms with Crippen LogP contribution in [0.2, 0.25) is 0 Å². The first-order chi connectivity index (χ1) is 10.7. The lowest BCUT2D eigenvalue weighted by molar-refractivity contribution is -0.121. The fourth-order valence-corrected chi connectivity index (χ4v) is 2.66. The van der Waals surface area contributed by atoms with Crippen molar-refractivity contribution in [1.82, 2.24) is 16.0 Å². The molecule has 7 heteroatoms. The quantitative estimate of drug-likeness (QED) is 0.307. The first kappa shape index (κ1) is 22.4. The average Bonchev–Trinajstić information content (AvgIpc) is 2.48. The lowest BCUT2D eigenvalue weighted by Crippen LogP contribution is -2.44. The highest BCUT2D eigenvalue weighted by Crippen LogP contribution is 2.17. The van der Waals surface area contributed by atoms with Crippen molar-refractivity contribution in [2.75, 3.05) is 26.8 Å². The number of halogens is 1. The molecule has 0 radical (unpaired) electrons. The fraction of sp³-hybridized carbons (Fsp3) is 0.875. The van der Waals surface area contributed by atoms with Crippen LogP contribution in [0.3, 0.4) is 0 Å². The molecule has 1 fully saturated rings. The van der Waals surface area contributed by atoms with E-state index in [1.165, 1.54) is 19.3 Å². The molecule has 3 N–H and O–H groups in total. The first-order valence-corrected chi connectivity index (χ1v) is 8.48. The Balaban J connectivity index is 0.00000484. The SMILES string of the molecule is CCNC(=NCCC(=O)NC1CCCCC1)NC(C)COC.I. The molecule has 0 aromatic carbocycles. The van der Waals surface area contributed by atoms with Crippen molar-refractivity contribution in [3.63, 3.8) is 0 Å². The van der Waals surface area contributed by atoms with Gasteiger partial charge in [-0.1, -0.05) is 19.3 Å². The molecule has 1 aliphatic carbocycles. The van der Waals surface area contributed by atoms with Gasteiger partial charge in [0.15, 0.2) is 5.96 Å². The van der Waals surface area contributed by atoms with Crippen LogP contribution in [0.15, 0.2) is 4.99 Å². The van der Waals surface area contributed by atoms with Crippen molar-refractivity contribution < 1.29 is 9.53 Å². The molecule has 136 valence electrons. The van der Waals surface area contributed by atoms with E-state index >= 15 is 0 Å². The minimum Gasteiger partial charge on any atom is -0.383 e. The van der Waals surface area contributed by atoms with Gasteiger partial charge < -0.3 is 20.7 Å². The van der Waals surface area contributed by atoms with Gasteiger partial charge in [-0.25, -0.2) is 0 Å². The van der Waals surface area contributed by atoms with Crippen molar-refractivity contribution in [3.05, 3.63) is 0 Å². The van der Waals surface area contributed by atoms with Crippen LogP contribution in [0.25, 0.3) is 0 Å². The number of rotatable bonds is 8. The van der Waals surface area contributed by atoms with E-state index in [9.17, 15) is 4.79 Å². The van der Waals surface area contributed by atoms with Crippen molar-refractivity contribution in [1.29, 1.82) is 0 Å². The minimum absolute atomic E-state index is 0. The second-order valence-electron chi connectivity index (χ2n) is 5.91. The average molecular weight is 440 g/mol. The minimum atomic E-state index is 0. The van der Waals surface area contributed by atoms with Crippen molar-refractivity contribution in [2.24, 2.45) is 4.99 Å². The molecular formula is C16H33IN4O2. The van der Waals surface area contributed by atoms with E-state index in [2.05, 4.69) is 20.9 Å². The maximum Gasteiger partial charge on any atom is 0.222 e. The van der Waals surface area contributed by atoms with Gasteiger partial charge in [-0.05, 0) is 26.7 Å². The van der Waals surface area contributed by atoms with Crippen LogP contribution in [-0.4, -0.2) is 50.8 Å². The summed E-state index contributed by atoms with van der Waals surface area (Å²) in [6, 6.07) is 0.553. The highest BCUT2D eigenvalue weighted by atomic mass is 127. The van der Waals surface area contributed by atoms with Crippen LogP contribution in [0.5, 0.6) is 0 Å². The van der Waals surface area contributed by atoms with Crippen molar-refractivity contribution >= 4 is 35.8 Å². The molecule has 23 heavy (non-hydrogen) atoms. The van der Waals surface area contributed by atoms with Gasteiger partial charge in [0.2, 0.25) is 5.91 Å². The van der Waals surface area contributed by atoms with E-state index < -0.39 is 0 Å². The predicted octanol–water partition coefficient (Wildman–Crippen LogP) is 2.03. The number of carbonyl (C=O) groups is 1. The van der Waals surface area contributed by atoms with Gasteiger partial charge in [0.25, 0.3) is 0 Å². The third-order valence-corrected chi connectivity index (χ3v) is 3.72. The second-order valence-corrected chi connectivity index (χ2v) is 5.91. The summed E-state index contributed by atoms with van der Waals surface area (Å²) in [5.41, 5.74) is 0. The molecule has 0 spiro atoms. The van der Waals surface area contributed by atoms with E-state index in [1.54, 1.807) is 7.11 Å². The van der Waals surface area contributed by atoms with Gasteiger partial charge in [0.1, 0.15) is 0 Å². The summed E-state index contributed by atoms with van der Waals surface area (Å²) in [6.07, 6.45) is 6.44. The number of methoxy groups -OCH3 is 1. The Bertz CT molecular complexity index is 347. The number of aliphatic imine (C=N–C) groups is 1. The van der Waals surface area contributed by atoms with Crippen LogP contribution >= 0.6 is 24.0 Å². The molecular weight excluding hydrogens is 407 g/mol. The number of hydrogen-bond donors (Lipinski definition) is 3. The number of nitrogens with zero attached hydrogens (tertiary/aromatic N) is 1. The lowest BCUT2D eigenvalue weighted by Gasteiger charge is -2.22. The Morgan fingerprint density at radius 2 is 2.00 bits per heavy atom. The van der Waals surface area contributed by atoms with Crippen molar-refractivity contribution in [3.8, 4) is 0 Å². The molecule has 0 saturated heterocycles. The summed E-state index contributed by atoms with van der Waals surface area (Å²) in [7, 11) is 1.68. The molecule has 1 saturated carbocycles. The zero-order chi connectivity index (χ0) is 16.2. The maximum atomic E-state index is 11.9. The molecule has 0 bridgehead atoms. The summed E-state index contributed by atoms with van der Waals surface area (Å²) in [6.45, 7) is 5.96. The van der Waals surface area contributed by atoms with Gasteiger partial charge in [-0.2, -0.15) is 0 Å². The second kappa shape index (κ2) is 13.8. The third-order valence-electron chi connectivity index (χ3n) is 3.72. The number of guanidine groups is 1. The van der Waals surface area contributed by atoms with Gasteiger partial charge in [-0.3, -0.25) is 9.79 Å². The van der Waals surface area contributed by atoms with Crippen LogP contribution in [-0.2, 0) is 9.53 Å². The van der Waals surface area contributed by atoms with Gasteiger partial charge in [0, 0.05) is 32.2 Å². The summed E-state index contributed by atoms with van der Waals surface area (Å²) in [4.78, 5) is 16.4. The lowest BCUT2D eigenvalue weighted by atomic mass is 9.95. The molecule has 6 nitrogen and oxygen atoms in total. The van der Waals surface area contributed by atoms with Crippen LogP contribution in [0.1, 0.15) is 52.4 Å². The Morgan fingerprint density at radius 1 is 1.30 bits per heavy atom. The molecule has 0 aliphatic heterocycles. The Hall–Kier alpha value is -0.570. The van der Waals surface area contributed by atoms with Crippen LogP contribution in [0, 0.1) is 0 Å². The predicted molar refractivity (Wildman–Crippen MR) is 106 cm³/mol. The maximum absolute atomic E-state index is 11.9. The standard InChI is InChI=1S/C16H32N4O2.HI/c1-4-17-16(19-13(2)12-22-3)18-11-10-15(21)20-14-8-6-5-7-9-14;/h13-14H,4-12H2,1-3H3,(H,20,21)(H2,17,18,19);1H. The Labute approximate surface area is 157 Å². The molecule has 0 aromatic rings. The fourth-order valence-electron chi connectivity index (χ4n) is 2.66. The smallest absolute Gasteiger partial charge is 0.222 e. The van der Waals surface area contributed by atoms with Gasteiger partial charge >= 0.3 is 0 Å². The van der Waals surface area contributed by atoms with Crippen LogP contribution < -0.4 is 16.0 Å². The zero-order valence-corrected chi connectivity index (χ0v) is 17.0. The third kappa shape index (κ3) is 10.8. The van der Waals surface area contributed by atoms with E-state index in [0.29, 0.717) is 25.6 Å². The first-order valence-electron chi connectivity index (χ1n) is 8.48. The normalized spacial score (nSPS) is 17.1. The number of hydrogen-bond acceptors (Lipinski definition) is 3. The number of nitrogens with one attached hydrogen (secondary N) is 3. The van der Waals surface area contributed by atoms with Gasteiger partial charge in [0.05, 0.1) is 13.2 Å². The molecule has 1 aliphatic rings. The van der Waals surface area contributed by atoms with E-state index in [1.807, 2.05) is 13.8 Å². The molecule has 0 heterocycles. The molecule has 1 rings (SSSR count). The van der Waals surface area contributed by atoms with E-state index in [0.717, 1.165) is 25.3 Å². The highest BCUT2D eigenvalue weighted by Gasteiger charge is 2.15. The number of amides is 1. The highest BCUT2D eigenvalue weighted by molar-refractivity contribution is 14.0. The largest absolute Gasteiger partial charge is 0.383 e. The topological polar surface area (TPSA) is 74.8 Å². The van der Waals surface area contributed by atoms with E-state index in [-0.39, 0.29) is 35.9 Å². The zero-order valence-electron chi connectivity index (χ0n) is 14.7. The summed E-state index contributed by atoms with van der Waals surface area (Å²) >= 11 is 0. The monoisotopic (exact) mass is 440 g/mol. The molecule has 1 atom stereocenters.